The Morgan fingerprint density at radius 3 is 2.25 bits per heavy atom. The summed E-state index contributed by atoms with van der Waals surface area (Å²) in [4.78, 5) is 16.3. The molecule has 0 aliphatic carbocycles. The minimum absolute atomic E-state index is 0.174. The second-order valence-corrected chi connectivity index (χ2v) is 5.15. The van der Waals surface area contributed by atoms with E-state index < -0.39 is 0 Å². The molecule has 20 heavy (non-hydrogen) atoms. The van der Waals surface area contributed by atoms with Crippen molar-refractivity contribution in [1.82, 2.24) is 9.80 Å². The van der Waals surface area contributed by atoms with Crippen LogP contribution in [0.2, 0.25) is 0 Å². The Balaban J connectivity index is 2.58. The van der Waals surface area contributed by atoms with Crippen LogP contribution in [-0.2, 0) is 11.3 Å². The first-order valence-corrected chi connectivity index (χ1v) is 7.25. The number of nitrogens with zero attached hydrogens (tertiary/aromatic N) is 2. The van der Waals surface area contributed by atoms with Crippen LogP contribution in [0.15, 0.2) is 42.5 Å². The maximum absolute atomic E-state index is 12.3. The van der Waals surface area contributed by atoms with Crippen molar-refractivity contribution < 1.29 is 4.79 Å². The molecule has 0 aromatic heterocycles. The quantitative estimate of drug-likeness (QED) is 0.681. The minimum atomic E-state index is 0.174. The van der Waals surface area contributed by atoms with E-state index in [0.717, 1.165) is 25.2 Å². The Bertz CT molecular complexity index is 428. The monoisotopic (exact) mass is 274 g/mol. The fourth-order valence-corrected chi connectivity index (χ4v) is 2.11. The Hall–Kier alpha value is -1.61. The number of hydrogen-bond donors (Lipinski definition) is 0. The summed E-state index contributed by atoms with van der Waals surface area (Å²) >= 11 is 0. The predicted molar refractivity (Wildman–Crippen MR) is 84.5 cm³/mol. The van der Waals surface area contributed by atoms with Crippen molar-refractivity contribution in [2.45, 2.75) is 27.3 Å². The Labute approximate surface area is 122 Å². The van der Waals surface area contributed by atoms with Gasteiger partial charge in [-0.05, 0) is 26.0 Å². The van der Waals surface area contributed by atoms with Crippen molar-refractivity contribution in [2.75, 3.05) is 26.2 Å². The third-order valence-corrected chi connectivity index (χ3v) is 3.25. The van der Waals surface area contributed by atoms with Gasteiger partial charge in [-0.25, -0.2) is 0 Å². The van der Waals surface area contributed by atoms with E-state index in [9.17, 15) is 4.79 Å². The zero-order chi connectivity index (χ0) is 15.0. The highest BCUT2D eigenvalue weighted by Crippen LogP contribution is 2.05. The maximum Gasteiger partial charge on any atom is 0.237 e. The molecule has 0 saturated carbocycles. The van der Waals surface area contributed by atoms with Gasteiger partial charge < -0.3 is 4.90 Å². The van der Waals surface area contributed by atoms with Crippen molar-refractivity contribution in [1.29, 1.82) is 0 Å². The van der Waals surface area contributed by atoms with E-state index in [2.05, 4.69) is 30.5 Å². The number of hydrogen-bond acceptors (Lipinski definition) is 2. The van der Waals surface area contributed by atoms with Crippen molar-refractivity contribution in [3.05, 3.63) is 48.0 Å². The molecule has 3 heteroatoms. The lowest BCUT2D eigenvalue weighted by molar-refractivity contribution is -0.131. The molecule has 1 aromatic carbocycles. The number of benzene rings is 1. The molecule has 110 valence electrons. The lowest BCUT2D eigenvalue weighted by Gasteiger charge is -2.26. The summed E-state index contributed by atoms with van der Waals surface area (Å²) in [5, 5.41) is 0. The molecule has 0 bridgehead atoms. The summed E-state index contributed by atoms with van der Waals surface area (Å²) in [7, 11) is 0. The van der Waals surface area contributed by atoms with Gasteiger partial charge in [0.1, 0.15) is 0 Å². The summed E-state index contributed by atoms with van der Waals surface area (Å²) in [5.74, 6) is 0.174. The molecule has 0 radical (unpaired) electrons. The molecule has 0 unspecified atom stereocenters. The van der Waals surface area contributed by atoms with E-state index in [4.69, 9.17) is 0 Å². The fourth-order valence-electron chi connectivity index (χ4n) is 2.11. The second kappa shape index (κ2) is 8.54. The number of likely N-dealkylation sites (N-methyl/N-ethyl adjacent to an activating group) is 2. The molecule has 0 atom stereocenters. The van der Waals surface area contributed by atoms with Crippen LogP contribution in [0.3, 0.4) is 0 Å². The van der Waals surface area contributed by atoms with Crippen molar-refractivity contribution in [3.63, 3.8) is 0 Å². The van der Waals surface area contributed by atoms with Gasteiger partial charge in [0.05, 0.1) is 6.54 Å². The van der Waals surface area contributed by atoms with Gasteiger partial charge in [-0.1, -0.05) is 49.4 Å². The van der Waals surface area contributed by atoms with Gasteiger partial charge in [0.2, 0.25) is 5.91 Å². The smallest absolute Gasteiger partial charge is 0.237 e. The number of carbonyl (C=O) groups is 1. The van der Waals surface area contributed by atoms with Gasteiger partial charge in [-0.3, -0.25) is 9.69 Å². The highest BCUT2D eigenvalue weighted by Gasteiger charge is 2.15. The van der Waals surface area contributed by atoms with Gasteiger partial charge in [0.15, 0.2) is 0 Å². The molecular formula is C17H26N2O. The normalized spacial score (nSPS) is 10.6. The van der Waals surface area contributed by atoms with E-state index in [1.54, 1.807) is 0 Å². The Morgan fingerprint density at radius 1 is 1.10 bits per heavy atom. The largest absolute Gasteiger partial charge is 0.338 e. The van der Waals surface area contributed by atoms with Crippen LogP contribution in [0.5, 0.6) is 0 Å². The molecule has 0 spiro atoms. The molecule has 0 saturated heterocycles. The van der Waals surface area contributed by atoms with Crippen LogP contribution in [0.1, 0.15) is 26.3 Å². The summed E-state index contributed by atoms with van der Waals surface area (Å²) in [6.07, 6.45) is 0. The van der Waals surface area contributed by atoms with Gasteiger partial charge >= 0.3 is 0 Å². The van der Waals surface area contributed by atoms with Crippen LogP contribution in [0, 0.1) is 0 Å². The first-order valence-electron chi connectivity index (χ1n) is 7.25. The van der Waals surface area contributed by atoms with Gasteiger partial charge in [-0.15, -0.1) is 0 Å². The summed E-state index contributed by atoms with van der Waals surface area (Å²) in [6, 6.07) is 10.3. The maximum atomic E-state index is 12.3. The summed E-state index contributed by atoms with van der Waals surface area (Å²) in [6.45, 7) is 13.5. The topological polar surface area (TPSA) is 23.6 Å². The lowest BCUT2D eigenvalue weighted by Crippen LogP contribution is -2.40. The van der Waals surface area contributed by atoms with Crippen LogP contribution in [0.4, 0.5) is 0 Å². The number of amides is 1. The molecule has 0 aliphatic heterocycles. The van der Waals surface area contributed by atoms with E-state index in [0.29, 0.717) is 13.1 Å². The standard InChI is InChI=1S/C17H26N2O/c1-5-18(13-16-10-8-7-9-11-16)14-17(20)19(6-2)12-15(3)4/h7-11H,3,5-6,12-14H2,1-2,4H3. The zero-order valence-electron chi connectivity index (χ0n) is 12.9. The molecule has 1 rings (SSSR count). The first kappa shape index (κ1) is 16.4. The summed E-state index contributed by atoms with van der Waals surface area (Å²) < 4.78 is 0. The highest BCUT2D eigenvalue weighted by molar-refractivity contribution is 5.78. The molecular weight excluding hydrogens is 248 g/mol. The average Bonchev–Trinajstić information content (AvgIpc) is 2.44. The lowest BCUT2D eigenvalue weighted by atomic mass is 10.2. The molecule has 0 fully saturated rings. The van der Waals surface area contributed by atoms with Crippen LogP contribution in [-0.4, -0.2) is 41.9 Å². The highest BCUT2D eigenvalue weighted by atomic mass is 16.2. The predicted octanol–water partition coefficient (Wildman–Crippen LogP) is 2.93. The Morgan fingerprint density at radius 2 is 1.75 bits per heavy atom. The second-order valence-electron chi connectivity index (χ2n) is 5.15. The van der Waals surface area contributed by atoms with Crippen molar-refractivity contribution >= 4 is 5.91 Å². The number of rotatable bonds is 8. The summed E-state index contributed by atoms with van der Waals surface area (Å²) in [5.41, 5.74) is 2.26. The van der Waals surface area contributed by atoms with Crippen molar-refractivity contribution in [2.24, 2.45) is 0 Å². The van der Waals surface area contributed by atoms with Gasteiger partial charge in [0, 0.05) is 19.6 Å². The molecule has 0 aliphatic rings. The first-order chi connectivity index (χ1) is 9.56. The molecule has 1 amide bonds. The number of carbonyl (C=O) groups excluding carboxylic acids is 1. The molecule has 3 nitrogen and oxygen atoms in total. The van der Waals surface area contributed by atoms with Crippen LogP contribution < -0.4 is 0 Å². The minimum Gasteiger partial charge on any atom is -0.338 e. The van der Waals surface area contributed by atoms with Crippen LogP contribution >= 0.6 is 0 Å². The third kappa shape index (κ3) is 5.57. The van der Waals surface area contributed by atoms with Gasteiger partial charge in [0.25, 0.3) is 0 Å². The van der Waals surface area contributed by atoms with Crippen LogP contribution in [0.25, 0.3) is 0 Å². The van der Waals surface area contributed by atoms with E-state index in [1.807, 2.05) is 36.9 Å². The SMILES string of the molecule is C=C(C)CN(CC)C(=O)CN(CC)Cc1ccccc1. The van der Waals surface area contributed by atoms with E-state index in [-0.39, 0.29) is 5.91 Å². The third-order valence-electron chi connectivity index (χ3n) is 3.25. The Kier molecular flexibility index (Phi) is 7.02. The van der Waals surface area contributed by atoms with Gasteiger partial charge in [-0.2, -0.15) is 0 Å². The van der Waals surface area contributed by atoms with E-state index in [1.165, 1.54) is 5.56 Å². The molecule has 0 heterocycles. The average molecular weight is 274 g/mol. The molecule has 0 N–H and O–H groups in total. The van der Waals surface area contributed by atoms with Crippen molar-refractivity contribution in [3.8, 4) is 0 Å². The van der Waals surface area contributed by atoms with E-state index >= 15 is 0 Å². The fraction of sp³-hybridized carbons (Fsp3) is 0.471. The molecule has 1 aromatic rings. The zero-order valence-corrected chi connectivity index (χ0v) is 12.9.